The third kappa shape index (κ3) is 6.18. The summed E-state index contributed by atoms with van der Waals surface area (Å²) in [4.78, 5) is 2.18. The van der Waals surface area contributed by atoms with E-state index in [1.54, 1.807) is 0 Å². The molecule has 0 aromatic heterocycles. The van der Waals surface area contributed by atoms with Crippen LogP contribution in [-0.4, -0.2) is 43.3 Å². The summed E-state index contributed by atoms with van der Waals surface area (Å²) < 4.78 is 0. The SMILES string of the molecule is [Li][CH2]C=C(C)CN(C)C. The molecule has 0 unspecified atom stereocenters. The molecule has 0 heterocycles. The van der Waals surface area contributed by atoms with Gasteiger partial charge in [0, 0.05) is 0 Å². The summed E-state index contributed by atoms with van der Waals surface area (Å²) in [5, 5.41) is 1.15. The van der Waals surface area contributed by atoms with Gasteiger partial charge >= 0.3 is 66.9 Å². The van der Waals surface area contributed by atoms with Crippen LogP contribution >= 0.6 is 0 Å². The molecule has 0 radical (unpaired) electrons. The Hall–Kier alpha value is 0.297. The molecule has 0 spiro atoms. The molecule has 0 aromatic carbocycles. The Kier molecular flexibility index (Phi) is 5.28. The molecule has 0 saturated heterocycles. The molecule has 0 amide bonds. The molecule has 0 aliphatic rings. The first-order chi connectivity index (χ1) is 4.16. The first kappa shape index (κ1) is 9.30. The maximum absolute atomic E-state index is 2.26. The van der Waals surface area contributed by atoms with Crippen LogP contribution in [0.5, 0.6) is 0 Å². The van der Waals surface area contributed by atoms with E-state index in [9.17, 15) is 0 Å². The van der Waals surface area contributed by atoms with Crippen molar-refractivity contribution >= 4 is 17.7 Å². The average Bonchev–Trinajstić information content (AvgIpc) is 1.63. The first-order valence-electron chi connectivity index (χ1n) is 3.47. The molecule has 0 saturated carbocycles. The van der Waals surface area contributed by atoms with E-state index in [1.165, 1.54) is 5.57 Å². The van der Waals surface area contributed by atoms with Crippen molar-refractivity contribution in [2.24, 2.45) is 0 Å². The fraction of sp³-hybridized carbons (Fsp3) is 0.714. The second-order valence-corrected chi connectivity index (χ2v) is 2.70. The van der Waals surface area contributed by atoms with Gasteiger partial charge in [-0.15, -0.1) is 0 Å². The van der Waals surface area contributed by atoms with Crippen molar-refractivity contribution in [3.05, 3.63) is 11.6 Å². The van der Waals surface area contributed by atoms with Crippen LogP contribution < -0.4 is 0 Å². The Morgan fingerprint density at radius 1 is 1.56 bits per heavy atom. The van der Waals surface area contributed by atoms with Gasteiger partial charge in [-0.1, -0.05) is 0 Å². The summed E-state index contributed by atoms with van der Waals surface area (Å²) in [6.45, 7) is 3.26. The van der Waals surface area contributed by atoms with Crippen molar-refractivity contribution in [3.63, 3.8) is 0 Å². The molecule has 0 aromatic rings. The van der Waals surface area contributed by atoms with Gasteiger partial charge in [-0.05, 0) is 0 Å². The first-order valence-corrected chi connectivity index (χ1v) is 3.47. The van der Waals surface area contributed by atoms with Crippen LogP contribution in [0.2, 0.25) is 5.09 Å². The molecule has 0 aliphatic carbocycles. The topological polar surface area (TPSA) is 3.24 Å². The molecule has 1 nitrogen and oxygen atoms in total. The molecule has 0 bridgehead atoms. The zero-order chi connectivity index (χ0) is 7.28. The van der Waals surface area contributed by atoms with Crippen LogP contribution in [-0.2, 0) is 0 Å². The van der Waals surface area contributed by atoms with E-state index in [1.807, 2.05) is 0 Å². The van der Waals surface area contributed by atoms with Crippen LogP contribution in [0.1, 0.15) is 6.92 Å². The normalized spacial score (nSPS) is 12.9. The number of likely N-dealkylation sites (N-methyl/N-ethyl adjacent to an activating group) is 1. The summed E-state index contributed by atoms with van der Waals surface area (Å²) in [5.41, 5.74) is 1.46. The van der Waals surface area contributed by atoms with Gasteiger partial charge in [-0.3, -0.25) is 0 Å². The van der Waals surface area contributed by atoms with Crippen LogP contribution in [0.25, 0.3) is 0 Å². The Morgan fingerprint density at radius 2 is 2.11 bits per heavy atom. The van der Waals surface area contributed by atoms with Crippen LogP contribution in [0.4, 0.5) is 0 Å². The van der Waals surface area contributed by atoms with Gasteiger partial charge in [-0.2, -0.15) is 0 Å². The Bertz CT molecular complexity index is 97.1. The van der Waals surface area contributed by atoms with Crippen LogP contribution in [0.15, 0.2) is 11.6 Å². The van der Waals surface area contributed by atoms with E-state index >= 15 is 0 Å². The molecule has 2 heteroatoms. The average molecular weight is 119 g/mol. The fourth-order valence-electron chi connectivity index (χ4n) is 0.912. The summed E-state index contributed by atoms with van der Waals surface area (Å²) in [6, 6.07) is 0. The number of rotatable bonds is 3. The van der Waals surface area contributed by atoms with E-state index in [4.69, 9.17) is 0 Å². The molecule has 0 rings (SSSR count). The number of nitrogens with zero attached hydrogens (tertiary/aromatic N) is 1. The monoisotopic (exact) mass is 119 g/mol. The molecule has 0 N–H and O–H groups in total. The Morgan fingerprint density at radius 3 is 2.44 bits per heavy atom. The van der Waals surface area contributed by atoms with Gasteiger partial charge in [0.15, 0.2) is 0 Å². The second kappa shape index (κ2) is 5.11. The van der Waals surface area contributed by atoms with Crippen LogP contribution in [0.3, 0.4) is 0 Å². The van der Waals surface area contributed by atoms with Gasteiger partial charge in [0.1, 0.15) is 0 Å². The molecule has 9 heavy (non-hydrogen) atoms. The minimum atomic E-state index is 1.09. The predicted molar refractivity (Wildman–Crippen MR) is 42.9 cm³/mol. The van der Waals surface area contributed by atoms with Gasteiger partial charge < -0.3 is 0 Å². The zero-order valence-corrected chi connectivity index (χ0v) is 6.94. The number of hydrogen-bond acceptors (Lipinski definition) is 1. The maximum atomic E-state index is 2.26. The quantitative estimate of drug-likeness (QED) is 0.397. The molecular formula is C7H14LiN. The number of hydrogen-bond donors (Lipinski definition) is 0. The summed E-state index contributed by atoms with van der Waals surface area (Å²) in [6.07, 6.45) is 2.26. The second-order valence-electron chi connectivity index (χ2n) is 2.70. The van der Waals surface area contributed by atoms with E-state index < -0.39 is 0 Å². The molecule has 0 fully saturated rings. The van der Waals surface area contributed by atoms with E-state index in [0.29, 0.717) is 0 Å². The summed E-state index contributed by atoms with van der Waals surface area (Å²) in [7, 11) is 4.18. The molecule has 0 atom stereocenters. The fourth-order valence-corrected chi connectivity index (χ4v) is 0.912. The van der Waals surface area contributed by atoms with Crippen LogP contribution in [0, 0.1) is 0 Å². The van der Waals surface area contributed by atoms with Crippen molar-refractivity contribution in [1.29, 1.82) is 0 Å². The standard InChI is InChI=1S/C7H14N.Li/c1-5-7(2)6-8(3)4;/h5H,1,6H2,2-4H3;. The van der Waals surface area contributed by atoms with Gasteiger partial charge in [0.2, 0.25) is 0 Å². The van der Waals surface area contributed by atoms with Gasteiger partial charge in [-0.25, -0.2) is 0 Å². The van der Waals surface area contributed by atoms with Crippen molar-refractivity contribution in [2.75, 3.05) is 20.6 Å². The molecular weight excluding hydrogens is 105 g/mol. The third-order valence-corrected chi connectivity index (χ3v) is 1.12. The van der Waals surface area contributed by atoms with E-state index in [-0.39, 0.29) is 0 Å². The van der Waals surface area contributed by atoms with Crippen molar-refractivity contribution in [3.8, 4) is 0 Å². The Balaban J connectivity index is 3.49. The van der Waals surface area contributed by atoms with Crippen molar-refractivity contribution in [1.82, 2.24) is 4.90 Å². The van der Waals surface area contributed by atoms with Gasteiger partial charge in [0.05, 0.1) is 0 Å². The van der Waals surface area contributed by atoms with Gasteiger partial charge in [0.25, 0.3) is 0 Å². The third-order valence-electron chi connectivity index (χ3n) is 1.12. The van der Waals surface area contributed by atoms with E-state index in [0.717, 1.165) is 11.6 Å². The summed E-state index contributed by atoms with van der Waals surface area (Å²) in [5.74, 6) is 0. The predicted octanol–water partition coefficient (Wildman–Crippen LogP) is 1.08. The van der Waals surface area contributed by atoms with E-state index in [2.05, 4.69) is 49.7 Å². The molecule has 0 aliphatic heterocycles. The number of allylic oxidation sites excluding steroid dienone is 1. The summed E-state index contributed by atoms with van der Waals surface area (Å²) >= 11 is 2.17. The minimum absolute atomic E-state index is 1.09. The van der Waals surface area contributed by atoms with Crippen molar-refractivity contribution < 1.29 is 0 Å². The molecule has 48 valence electrons. The van der Waals surface area contributed by atoms with Crippen molar-refractivity contribution in [2.45, 2.75) is 12.0 Å². The zero-order valence-electron chi connectivity index (χ0n) is 6.94. The Labute approximate surface area is 67.3 Å².